The fourth-order valence-corrected chi connectivity index (χ4v) is 1.43. The van der Waals surface area contributed by atoms with Gasteiger partial charge >= 0.3 is 0 Å². The van der Waals surface area contributed by atoms with Crippen LogP contribution in [0.15, 0.2) is 0 Å². The molecule has 0 rings (SSSR count). The first kappa shape index (κ1) is 13.0. The van der Waals surface area contributed by atoms with Crippen LogP contribution in [0, 0.1) is 17.3 Å². The predicted octanol–water partition coefficient (Wildman–Crippen LogP) is 3.47. The van der Waals surface area contributed by atoms with Gasteiger partial charge in [0.1, 0.15) is 0 Å². The molecule has 0 aliphatic rings. The fourth-order valence-electron chi connectivity index (χ4n) is 1.43. The van der Waals surface area contributed by atoms with Crippen molar-refractivity contribution in [1.29, 1.82) is 0 Å². The number of aliphatic hydroxyl groups excluding tert-OH is 1. The van der Waals surface area contributed by atoms with E-state index < -0.39 is 0 Å². The van der Waals surface area contributed by atoms with Gasteiger partial charge in [0.15, 0.2) is 0 Å². The highest BCUT2D eigenvalue weighted by molar-refractivity contribution is 4.67. The maximum Gasteiger partial charge on any atom is 0.0433 e. The van der Waals surface area contributed by atoms with Gasteiger partial charge in [0, 0.05) is 6.61 Å². The number of aliphatic hydroxyl groups is 1. The minimum absolute atomic E-state index is 0.334. The first-order valence-corrected chi connectivity index (χ1v) is 5.47. The Labute approximate surface area is 83.5 Å². The molecule has 1 N–H and O–H groups in total. The molecule has 0 saturated carbocycles. The van der Waals surface area contributed by atoms with E-state index >= 15 is 0 Å². The molecule has 0 spiro atoms. The van der Waals surface area contributed by atoms with Crippen molar-refractivity contribution in [3.05, 3.63) is 0 Å². The van der Waals surface area contributed by atoms with E-state index in [1.807, 2.05) is 0 Å². The molecule has 0 aliphatic heterocycles. The highest BCUT2D eigenvalue weighted by Crippen LogP contribution is 2.27. The molecule has 2 unspecified atom stereocenters. The molecule has 0 saturated heterocycles. The Kier molecular flexibility index (Phi) is 5.62. The standard InChI is InChI=1S/C12H26O/c1-10(11(2)7-9-13)6-8-12(3,4)5/h10-11,13H,6-9H2,1-5H3. The van der Waals surface area contributed by atoms with Crippen LogP contribution in [0.1, 0.15) is 53.9 Å². The molecule has 1 heteroatoms. The van der Waals surface area contributed by atoms with E-state index in [0.717, 1.165) is 12.3 Å². The molecule has 13 heavy (non-hydrogen) atoms. The van der Waals surface area contributed by atoms with Gasteiger partial charge in [-0.1, -0.05) is 34.6 Å². The summed E-state index contributed by atoms with van der Waals surface area (Å²) in [6.07, 6.45) is 3.51. The molecule has 0 amide bonds. The smallest absolute Gasteiger partial charge is 0.0433 e. The normalized spacial score (nSPS) is 17.1. The lowest BCUT2D eigenvalue weighted by Gasteiger charge is -2.24. The van der Waals surface area contributed by atoms with Gasteiger partial charge in [-0.15, -0.1) is 0 Å². The van der Waals surface area contributed by atoms with E-state index in [1.165, 1.54) is 12.8 Å². The number of hydrogen-bond donors (Lipinski definition) is 1. The van der Waals surface area contributed by atoms with Gasteiger partial charge in [0.2, 0.25) is 0 Å². The molecular weight excluding hydrogens is 160 g/mol. The van der Waals surface area contributed by atoms with E-state index in [4.69, 9.17) is 5.11 Å². The molecule has 2 atom stereocenters. The molecule has 0 radical (unpaired) electrons. The average molecular weight is 186 g/mol. The molecule has 1 nitrogen and oxygen atoms in total. The molecule has 0 aromatic rings. The second kappa shape index (κ2) is 5.64. The van der Waals surface area contributed by atoms with Crippen molar-refractivity contribution in [2.45, 2.75) is 53.9 Å². The Morgan fingerprint density at radius 1 is 1.00 bits per heavy atom. The van der Waals surface area contributed by atoms with Crippen molar-refractivity contribution in [2.24, 2.45) is 17.3 Å². The Morgan fingerprint density at radius 2 is 1.46 bits per heavy atom. The summed E-state index contributed by atoms with van der Waals surface area (Å²) in [7, 11) is 0. The maximum atomic E-state index is 8.81. The van der Waals surface area contributed by atoms with Crippen molar-refractivity contribution >= 4 is 0 Å². The Bertz CT molecular complexity index is 124. The minimum atomic E-state index is 0.334. The van der Waals surface area contributed by atoms with Crippen LogP contribution in [-0.2, 0) is 0 Å². The van der Waals surface area contributed by atoms with E-state index in [0.29, 0.717) is 17.9 Å². The fraction of sp³-hybridized carbons (Fsp3) is 1.00. The van der Waals surface area contributed by atoms with Crippen LogP contribution in [0.5, 0.6) is 0 Å². The quantitative estimate of drug-likeness (QED) is 0.697. The lowest BCUT2D eigenvalue weighted by molar-refractivity contribution is 0.217. The average Bonchev–Trinajstić information content (AvgIpc) is 1.99. The highest BCUT2D eigenvalue weighted by Gasteiger charge is 2.16. The summed E-state index contributed by atoms with van der Waals surface area (Å²) < 4.78 is 0. The lowest BCUT2D eigenvalue weighted by Crippen LogP contribution is -2.13. The summed E-state index contributed by atoms with van der Waals surface area (Å²) in [6, 6.07) is 0. The molecule has 0 aliphatic carbocycles. The van der Waals surface area contributed by atoms with Crippen molar-refractivity contribution in [3.8, 4) is 0 Å². The van der Waals surface area contributed by atoms with E-state index in [9.17, 15) is 0 Å². The monoisotopic (exact) mass is 186 g/mol. The van der Waals surface area contributed by atoms with Gasteiger partial charge in [0.05, 0.1) is 0 Å². The van der Waals surface area contributed by atoms with Crippen LogP contribution in [0.2, 0.25) is 0 Å². The van der Waals surface area contributed by atoms with Crippen molar-refractivity contribution in [2.75, 3.05) is 6.61 Å². The van der Waals surface area contributed by atoms with Gasteiger partial charge in [-0.25, -0.2) is 0 Å². The zero-order valence-electron chi connectivity index (χ0n) is 9.93. The largest absolute Gasteiger partial charge is 0.396 e. The Morgan fingerprint density at radius 3 is 1.85 bits per heavy atom. The topological polar surface area (TPSA) is 20.2 Å². The van der Waals surface area contributed by atoms with Crippen molar-refractivity contribution in [3.63, 3.8) is 0 Å². The van der Waals surface area contributed by atoms with E-state index in [1.54, 1.807) is 0 Å². The third-order valence-corrected chi connectivity index (χ3v) is 2.91. The third kappa shape index (κ3) is 7.06. The Hall–Kier alpha value is -0.0400. The summed E-state index contributed by atoms with van der Waals surface area (Å²) in [5.74, 6) is 1.40. The summed E-state index contributed by atoms with van der Waals surface area (Å²) in [5, 5.41) is 8.81. The lowest BCUT2D eigenvalue weighted by atomic mass is 9.82. The van der Waals surface area contributed by atoms with Gasteiger partial charge in [-0.2, -0.15) is 0 Å². The van der Waals surface area contributed by atoms with Crippen LogP contribution in [-0.4, -0.2) is 11.7 Å². The summed E-state index contributed by atoms with van der Waals surface area (Å²) in [5.41, 5.74) is 0.452. The van der Waals surface area contributed by atoms with Crippen LogP contribution < -0.4 is 0 Å². The van der Waals surface area contributed by atoms with Gasteiger partial charge in [-0.3, -0.25) is 0 Å². The number of hydrogen-bond acceptors (Lipinski definition) is 1. The predicted molar refractivity (Wildman–Crippen MR) is 58.7 cm³/mol. The van der Waals surface area contributed by atoms with Crippen molar-refractivity contribution in [1.82, 2.24) is 0 Å². The number of rotatable bonds is 5. The molecule has 0 heterocycles. The van der Waals surface area contributed by atoms with Crippen molar-refractivity contribution < 1.29 is 5.11 Å². The highest BCUT2D eigenvalue weighted by atomic mass is 16.3. The summed E-state index contributed by atoms with van der Waals surface area (Å²) >= 11 is 0. The zero-order valence-corrected chi connectivity index (χ0v) is 9.93. The van der Waals surface area contributed by atoms with E-state index in [-0.39, 0.29) is 0 Å². The van der Waals surface area contributed by atoms with Gasteiger partial charge in [-0.05, 0) is 36.5 Å². The van der Waals surface area contributed by atoms with Crippen LogP contribution in [0.4, 0.5) is 0 Å². The maximum absolute atomic E-state index is 8.81. The molecule has 0 fully saturated rings. The van der Waals surface area contributed by atoms with Crippen LogP contribution in [0.25, 0.3) is 0 Å². The SMILES string of the molecule is CC(CCO)C(C)CCC(C)(C)C. The minimum Gasteiger partial charge on any atom is -0.396 e. The molecule has 0 bridgehead atoms. The second-order valence-corrected chi connectivity index (χ2v) is 5.57. The Balaban J connectivity index is 3.67. The van der Waals surface area contributed by atoms with Crippen LogP contribution in [0.3, 0.4) is 0 Å². The molecule has 80 valence electrons. The van der Waals surface area contributed by atoms with Crippen LogP contribution >= 0.6 is 0 Å². The zero-order chi connectivity index (χ0) is 10.5. The van der Waals surface area contributed by atoms with Gasteiger partial charge in [0.25, 0.3) is 0 Å². The third-order valence-electron chi connectivity index (χ3n) is 2.91. The first-order chi connectivity index (χ1) is 5.87. The second-order valence-electron chi connectivity index (χ2n) is 5.57. The van der Waals surface area contributed by atoms with Gasteiger partial charge < -0.3 is 5.11 Å². The summed E-state index contributed by atoms with van der Waals surface area (Å²) in [4.78, 5) is 0. The van der Waals surface area contributed by atoms with E-state index in [2.05, 4.69) is 34.6 Å². The molecular formula is C12H26O. The molecule has 0 aromatic heterocycles. The summed E-state index contributed by atoms with van der Waals surface area (Å²) in [6.45, 7) is 11.7. The molecule has 0 aromatic carbocycles. The first-order valence-electron chi connectivity index (χ1n) is 5.47.